The van der Waals surface area contributed by atoms with Gasteiger partial charge in [-0.1, -0.05) is 18.2 Å². The Kier molecular flexibility index (Phi) is 4.20. The zero-order valence-electron chi connectivity index (χ0n) is 10.3. The maximum atomic E-state index is 10.7. The third-order valence-corrected chi connectivity index (χ3v) is 3.46. The highest BCUT2D eigenvalue weighted by Gasteiger charge is 2.21. The van der Waals surface area contributed by atoms with Gasteiger partial charge in [-0.15, -0.1) is 0 Å². The number of rotatable bonds is 4. The lowest BCUT2D eigenvalue weighted by Gasteiger charge is -2.17. The van der Waals surface area contributed by atoms with Crippen LogP contribution in [-0.4, -0.2) is 23.7 Å². The molecule has 1 aromatic carbocycles. The van der Waals surface area contributed by atoms with Crippen LogP contribution in [0.15, 0.2) is 24.3 Å². The standard InChI is InChI=1S/C14H19NO3/c15-12(14(16)17)8-7-10-4-3-9-18-13-6-2-1-5-11(10)13/h1-2,5-6,10,12H,3-4,7-9,15H2,(H,16,17). The second-order valence-electron chi connectivity index (χ2n) is 4.75. The number of aliphatic carboxylic acids is 1. The molecule has 18 heavy (non-hydrogen) atoms. The molecule has 2 atom stereocenters. The zero-order chi connectivity index (χ0) is 13.0. The van der Waals surface area contributed by atoms with Gasteiger partial charge in [0.1, 0.15) is 11.8 Å². The molecule has 0 radical (unpaired) electrons. The molecule has 0 saturated heterocycles. The van der Waals surface area contributed by atoms with Crippen molar-refractivity contribution in [3.63, 3.8) is 0 Å². The number of carboxylic acid groups (broad SMARTS) is 1. The first kappa shape index (κ1) is 12.9. The summed E-state index contributed by atoms with van der Waals surface area (Å²) in [4.78, 5) is 10.7. The summed E-state index contributed by atoms with van der Waals surface area (Å²) in [5.41, 5.74) is 6.75. The Morgan fingerprint density at radius 1 is 1.50 bits per heavy atom. The van der Waals surface area contributed by atoms with Gasteiger partial charge in [0.25, 0.3) is 0 Å². The van der Waals surface area contributed by atoms with Gasteiger partial charge in [-0.05, 0) is 43.2 Å². The minimum atomic E-state index is -0.923. The second-order valence-corrected chi connectivity index (χ2v) is 4.75. The lowest BCUT2D eigenvalue weighted by Crippen LogP contribution is -2.30. The van der Waals surface area contributed by atoms with Crippen LogP contribution in [0.1, 0.15) is 37.2 Å². The maximum absolute atomic E-state index is 10.7. The van der Waals surface area contributed by atoms with E-state index in [4.69, 9.17) is 15.6 Å². The normalized spacial score (nSPS) is 20.4. The summed E-state index contributed by atoms with van der Waals surface area (Å²) in [6.07, 6.45) is 3.34. The summed E-state index contributed by atoms with van der Waals surface area (Å²) >= 11 is 0. The Bertz CT molecular complexity index is 419. The Morgan fingerprint density at radius 3 is 3.06 bits per heavy atom. The summed E-state index contributed by atoms with van der Waals surface area (Å²) in [6, 6.07) is 7.24. The second kappa shape index (κ2) is 5.87. The molecule has 4 nitrogen and oxygen atoms in total. The fourth-order valence-electron chi connectivity index (χ4n) is 2.42. The van der Waals surface area contributed by atoms with E-state index in [0.29, 0.717) is 12.3 Å². The van der Waals surface area contributed by atoms with Gasteiger partial charge in [-0.3, -0.25) is 4.79 Å². The molecule has 0 saturated carbocycles. The van der Waals surface area contributed by atoms with E-state index in [1.807, 2.05) is 18.2 Å². The highest BCUT2D eigenvalue weighted by molar-refractivity contribution is 5.72. The van der Waals surface area contributed by atoms with Crippen molar-refractivity contribution >= 4 is 5.97 Å². The maximum Gasteiger partial charge on any atom is 0.320 e. The number of hydrogen-bond acceptors (Lipinski definition) is 3. The fraction of sp³-hybridized carbons (Fsp3) is 0.500. The van der Waals surface area contributed by atoms with Crippen LogP contribution in [0.5, 0.6) is 5.75 Å². The Labute approximate surface area is 107 Å². The molecule has 2 unspecified atom stereocenters. The van der Waals surface area contributed by atoms with E-state index < -0.39 is 12.0 Å². The average molecular weight is 249 g/mol. The predicted molar refractivity (Wildman–Crippen MR) is 68.8 cm³/mol. The molecule has 4 heteroatoms. The molecule has 2 rings (SSSR count). The monoisotopic (exact) mass is 249 g/mol. The van der Waals surface area contributed by atoms with Crippen LogP contribution in [0.3, 0.4) is 0 Å². The lowest BCUT2D eigenvalue weighted by atomic mass is 9.89. The molecule has 0 bridgehead atoms. The minimum Gasteiger partial charge on any atom is -0.493 e. The molecular weight excluding hydrogens is 230 g/mol. The zero-order valence-corrected chi connectivity index (χ0v) is 10.3. The molecule has 1 heterocycles. The van der Waals surface area contributed by atoms with Gasteiger partial charge in [0.15, 0.2) is 0 Å². The van der Waals surface area contributed by atoms with Crippen LogP contribution in [0.4, 0.5) is 0 Å². The number of hydrogen-bond donors (Lipinski definition) is 2. The average Bonchev–Trinajstić information content (AvgIpc) is 2.58. The number of nitrogens with two attached hydrogens (primary N) is 1. The Balaban J connectivity index is 2.06. The van der Waals surface area contributed by atoms with E-state index in [0.717, 1.165) is 31.6 Å². The Hall–Kier alpha value is -1.55. The van der Waals surface area contributed by atoms with E-state index in [1.165, 1.54) is 5.56 Å². The van der Waals surface area contributed by atoms with E-state index in [9.17, 15) is 4.79 Å². The van der Waals surface area contributed by atoms with E-state index >= 15 is 0 Å². The van der Waals surface area contributed by atoms with Crippen LogP contribution in [-0.2, 0) is 4.79 Å². The number of carbonyl (C=O) groups is 1. The van der Waals surface area contributed by atoms with Gasteiger partial charge in [0.05, 0.1) is 6.61 Å². The van der Waals surface area contributed by atoms with E-state index in [2.05, 4.69) is 6.07 Å². The fourth-order valence-corrected chi connectivity index (χ4v) is 2.42. The molecule has 1 aliphatic rings. The highest BCUT2D eigenvalue weighted by Crippen LogP contribution is 2.35. The molecule has 1 aromatic rings. The number of benzene rings is 1. The summed E-state index contributed by atoms with van der Waals surface area (Å²) in [5.74, 6) is 0.367. The van der Waals surface area contributed by atoms with Crippen molar-refractivity contribution in [2.45, 2.75) is 37.6 Å². The van der Waals surface area contributed by atoms with Crippen LogP contribution in [0.2, 0.25) is 0 Å². The largest absolute Gasteiger partial charge is 0.493 e. The Morgan fingerprint density at radius 2 is 2.28 bits per heavy atom. The van der Waals surface area contributed by atoms with Crippen LogP contribution in [0.25, 0.3) is 0 Å². The van der Waals surface area contributed by atoms with Crippen LogP contribution >= 0.6 is 0 Å². The van der Waals surface area contributed by atoms with E-state index in [-0.39, 0.29) is 0 Å². The summed E-state index contributed by atoms with van der Waals surface area (Å²) in [6.45, 7) is 0.735. The third kappa shape index (κ3) is 3.01. The molecule has 0 fully saturated rings. The molecule has 98 valence electrons. The van der Waals surface area contributed by atoms with Gasteiger partial charge >= 0.3 is 5.97 Å². The molecule has 0 aliphatic carbocycles. The first-order valence-electron chi connectivity index (χ1n) is 6.38. The van der Waals surface area contributed by atoms with Crippen molar-refractivity contribution in [3.05, 3.63) is 29.8 Å². The molecule has 0 amide bonds. The third-order valence-electron chi connectivity index (χ3n) is 3.46. The highest BCUT2D eigenvalue weighted by atomic mass is 16.5. The number of para-hydroxylation sites is 1. The predicted octanol–water partition coefficient (Wildman–Crippen LogP) is 2.13. The van der Waals surface area contributed by atoms with Crippen molar-refractivity contribution in [3.8, 4) is 5.75 Å². The molecular formula is C14H19NO3. The number of fused-ring (bicyclic) bond motifs is 1. The summed E-state index contributed by atoms with van der Waals surface area (Å²) < 4.78 is 5.69. The van der Waals surface area contributed by atoms with Crippen LogP contribution < -0.4 is 10.5 Å². The SMILES string of the molecule is NC(CCC1CCCOc2ccccc21)C(=O)O. The smallest absolute Gasteiger partial charge is 0.320 e. The van der Waals surface area contributed by atoms with Crippen molar-refractivity contribution in [1.29, 1.82) is 0 Å². The lowest BCUT2D eigenvalue weighted by molar-refractivity contribution is -0.138. The van der Waals surface area contributed by atoms with Gasteiger partial charge in [-0.25, -0.2) is 0 Å². The molecule has 0 aromatic heterocycles. The topological polar surface area (TPSA) is 72.5 Å². The van der Waals surface area contributed by atoms with Crippen molar-refractivity contribution in [2.75, 3.05) is 6.61 Å². The molecule has 0 spiro atoms. The van der Waals surface area contributed by atoms with Gasteiger partial charge in [-0.2, -0.15) is 0 Å². The van der Waals surface area contributed by atoms with E-state index in [1.54, 1.807) is 0 Å². The number of ether oxygens (including phenoxy) is 1. The van der Waals surface area contributed by atoms with Crippen LogP contribution in [0, 0.1) is 0 Å². The van der Waals surface area contributed by atoms with Gasteiger partial charge < -0.3 is 15.6 Å². The minimum absolute atomic E-state index is 0.356. The summed E-state index contributed by atoms with van der Waals surface area (Å²) in [7, 11) is 0. The van der Waals surface area contributed by atoms with Crippen molar-refractivity contribution in [1.82, 2.24) is 0 Å². The molecule has 1 aliphatic heterocycles. The number of carboxylic acids is 1. The first-order valence-corrected chi connectivity index (χ1v) is 6.38. The summed E-state index contributed by atoms with van der Waals surface area (Å²) in [5, 5.41) is 8.81. The quantitative estimate of drug-likeness (QED) is 0.857. The molecule has 3 N–H and O–H groups in total. The van der Waals surface area contributed by atoms with Gasteiger partial charge in [0.2, 0.25) is 0 Å². The van der Waals surface area contributed by atoms with Crippen molar-refractivity contribution < 1.29 is 14.6 Å². The van der Waals surface area contributed by atoms with Gasteiger partial charge in [0, 0.05) is 0 Å². The first-order chi connectivity index (χ1) is 8.68. The van der Waals surface area contributed by atoms with Crippen molar-refractivity contribution in [2.24, 2.45) is 5.73 Å².